The van der Waals surface area contributed by atoms with Gasteiger partial charge in [-0.05, 0) is 61.6 Å². The Hall–Kier alpha value is -2.54. The average Bonchev–Trinajstić information content (AvgIpc) is 2.67. The minimum absolute atomic E-state index is 0.119. The van der Waals surface area contributed by atoms with Crippen molar-refractivity contribution in [2.24, 2.45) is 0 Å². The molecule has 0 aliphatic rings. The number of sulfonamides is 1. The molecule has 2 aromatic rings. The van der Waals surface area contributed by atoms with Crippen molar-refractivity contribution in [1.29, 1.82) is 0 Å². The second-order valence-electron chi connectivity index (χ2n) is 7.61. The molecule has 2 aromatic carbocycles. The number of nitrogens with one attached hydrogen (secondary N) is 1. The molecule has 0 spiro atoms. The van der Waals surface area contributed by atoms with Crippen LogP contribution in [0.1, 0.15) is 50.7 Å². The third-order valence-corrected chi connectivity index (χ3v) is 5.99. The number of para-hydroxylation sites is 1. The lowest BCUT2D eigenvalue weighted by molar-refractivity contribution is -0.116. The first kappa shape index (κ1) is 23.7. The maximum absolute atomic E-state index is 12.5. The van der Waals surface area contributed by atoms with E-state index in [1.165, 1.54) is 10.6 Å². The van der Waals surface area contributed by atoms with Gasteiger partial charge in [-0.15, -0.1) is 0 Å². The van der Waals surface area contributed by atoms with Crippen LogP contribution in [-0.2, 0) is 14.8 Å². The first-order valence-electron chi connectivity index (χ1n) is 10.2. The Morgan fingerprint density at radius 3 is 2.37 bits per heavy atom. The molecule has 7 heteroatoms. The van der Waals surface area contributed by atoms with Gasteiger partial charge in [0.2, 0.25) is 15.9 Å². The number of hydrogen-bond donors (Lipinski definition) is 1. The molecule has 0 heterocycles. The Kier molecular flexibility index (Phi) is 8.29. The summed E-state index contributed by atoms with van der Waals surface area (Å²) < 4.78 is 31.3. The van der Waals surface area contributed by atoms with Crippen LogP contribution in [0, 0.1) is 6.92 Å². The summed E-state index contributed by atoms with van der Waals surface area (Å²) in [6.45, 7) is 8.81. The summed E-state index contributed by atoms with van der Waals surface area (Å²) in [5.41, 5.74) is 3.52. The molecule has 0 bridgehead atoms. The summed E-state index contributed by atoms with van der Waals surface area (Å²) in [5.74, 6) is 0.861. The van der Waals surface area contributed by atoms with Crippen LogP contribution in [-0.4, -0.2) is 33.7 Å². The van der Waals surface area contributed by atoms with Gasteiger partial charge in [0.25, 0.3) is 0 Å². The molecule has 0 saturated heterocycles. The van der Waals surface area contributed by atoms with Crippen LogP contribution in [0.15, 0.2) is 42.5 Å². The van der Waals surface area contributed by atoms with E-state index in [4.69, 9.17) is 4.74 Å². The summed E-state index contributed by atoms with van der Waals surface area (Å²) in [5, 5.41) is 3.01. The largest absolute Gasteiger partial charge is 0.494 e. The van der Waals surface area contributed by atoms with Crippen LogP contribution >= 0.6 is 0 Å². The Labute approximate surface area is 180 Å². The van der Waals surface area contributed by atoms with Gasteiger partial charge in [0.15, 0.2) is 0 Å². The minimum Gasteiger partial charge on any atom is -0.494 e. The molecule has 0 radical (unpaired) electrons. The highest BCUT2D eigenvalue weighted by atomic mass is 32.2. The predicted molar refractivity (Wildman–Crippen MR) is 123 cm³/mol. The van der Waals surface area contributed by atoms with Crippen LogP contribution < -0.4 is 14.4 Å². The highest BCUT2D eigenvalue weighted by Crippen LogP contribution is 2.28. The van der Waals surface area contributed by atoms with Crippen LogP contribution in [0.4, 0.5) is 11.4 Å². The van der Waals surface area contributed by atoms with Crippen molar-refractivity contribution in [2.45, 2.75) is 46.5 Å². The van der Waals surface area contributed by atoms with Crippen LogP contribution in [0.2, 0.25) is 0 Å². The van der Waals surface area contributed by atoms with Crippen molar-refractivity contribution in [1.82, 2.24) is 0 Å². The molecule has 0 saturated carbocycles. The van der Waals surface area contributed by atoms with Gasteiger partial charge in [-0.25, -0.2) is 8.42 Å². The van der Waals surface area contributed by atoms with E-state index in [0.29, 0.717) is 30.4 Å². The van der Waals surface area contributed by atoms with Gasteiger partial charge >= 0.3 is 0 Å². The monoisotopic (exact) mass is 432 g/mol. The molecule has 0 atom stereocenters. The number of hydrogen-bond acceptors (Lipinski definition) is 4. The number of ether oxygens (including phenoxy) is 1. The van der Waals surface area contributed by atoms with E-state index in [1.807, 2.05) is 32.0 Å². The van der Waals surface area contributed by atoms with Gasteiger partial charge in [-0.2, -0.15) is 0 Å². The molecule has 2 rings (SSSR count). The van der Waals surface area contributed by atoms with Gasteiger partial charge in [-0.1, -0.05) is 32.0 Å². The van der Waals surface area contributed by atoms with E-state index in [2.05, 4.69) is 19.2 Å². The lowest BCUT2D eigenvalue weighted by atomic mass is 9.98. The standard InChI is InChI=1S/C23H32N2O4S/c1-6-29-20-14-12-19(13-15-20)25(30(5,27)28)16-8-11-22(26)24-23-18(4)9-7-10-21(23)17(2)3/h7,9-10,12-15,17H,6,8,11,16H2,1-5H3,(H,24,26). The van der Waals surface area contributed by atoms with Crippen molar-refractivity contribution in [3.05, 3.63) is 53.6 Å². The number of carbonyl (C=O) groups is 1. The molecular formula is C23H32N2O4S. The minimum atomic E-state index is -3.46. The van der Waals surface area contributed by atoms with Gasteiger partial charge in [-0.3, -0.25) is 9.10 Å². The Balaban J connectivity index is 2.03. The quantitative estimate of drug-likeness (QED) is 0.590. The van der Waals surface area contributed by atoms with E-state index in [-0.39, 0.29) is 18.9 Å². The van der Waals surface area contributed by atoms with E-state index in [9.17, 15) is 13.2 Å². The SMILES string of the molecule is CCOc1ccc(N(CCCC(=O)Nc2c(C)cccc2C(C)C)S(C)(=O)=O)cc1. The zero-order valence-corrected chi connectivity index (χ0v) is 19.3. The molecule has 1 N–H and O–H groups in total. The molecule has 30 heavy (non-hydrogen) atoms. The summed E-state index contributed by atoms with van der Waals surface area (Å²) in [4.78, 5) is 12.5. The number of aryl methyl sites for hydroxylation is 1. The van der Waals surface area contributed by atoms with Gasteiger partial charge in [0.05, 0.1) is 18.6 Å². The lowest BCUT2D eigenvalue weighted by Gasteiger charge is -2.23. The Morgan fingerprint density at radius 2 is 1.80 bits per heavy atom. The predicted octanol–water partition coefficient (Wildman–Crippen LogP) is 4.70. The first-order valence-corrected chi connectivity index (χ1v) is 12.1. The summed E-state index contributed by atoms with van der Waals surface area (Å²) >= 11 is 0. The lowest BCUT2D eigenvalue weighted by Crippen LogP contribution is -2.31. The van der Waals surface area contributed by atoms with Crippen molar-refractivity contribution in [3.63, 3.8) is 0 Å². The number of benzene rings is 2. The molecule has 6 nitrogen and oxygen atoms in total. The molecular weight excluding hydrogens is 400 g/mol. The van der Waals surface area contributed by atoms with Crippen molar-refractivity contribution < 1.29 is 17.9 Å². The third kappa shape index (κ3) is 6.49. The normalized spacial score (nSPS) is 11.4. The number of amides is 1. The Bertz CT molecular complexity index is 954. The maximum atomic E-state index is 12.5. The maximum Gasteiger partial charge on any atom is 0.232 e. The highest BCUT2D eigenvalue weighted by molar-refractivity contribution is 7.92. The topological polar surface area (TPSA) is 75.7 Å². The molecule has 1 amide bonds. The smallest absolute Gasteiger partial charge is 0.232 e. The van der Waals surface area contributed by atoms with Gasteiger partial charge < -0.3 is 10.1 Å². The first-order chi connectivity index (χ1) is 14.1. The van der Waals surface area contributed by atoms with Crippen molar-refractivity contribution in [3.8, 4) is 5.75 Å². The second-order valence-corrected chi connectivity index (χ2v) is 9.51. The fraction of sp³-hybridized carbons (Fsp3) is 0.435. The fourth-order valence-corrected chi connectivity index (χ4v) is 4.25. The molecule has 0 aliphatic carbocycles. The third-order valence-electron chi connectivity index (χ3n) is 4.79. The van der Waals surface area contributed by atoms with Gasteiger partial charge in [0.1, 0.15) is 5.75 Å². The molecule has 164 valence electrons. The van der Waals surface area contributed by atoms with E-state index < -0.39 is 10.0 Å². The van der Waals surface area contributed by atoms with Crippen LogP contribution in [0.5, 0.6) is 5.75 Å². The van der Waals surface area contributed by atoms with E-state index in [1.54, 1.807) is 24.3 Å². The van der Waals surface area contributed by atoms with E-state index >= 15 is 0 Å². The Morgan fingerprint density at radius 1 is 1.13 bits per heavy atom. The fourth-order valence-electron chi connectivity index (χ4n) is 3.29. The zero-order valence-electron chi connectivity index (χ0n) is 18.4. The molecule has 0 aliphatic heterocycles. The number of carbonyl (C=O) groups excluding carboxylic acids is 1. The second kappa shape index (κ2) is 10.5. The number of rotatable bonds is 10. The van der Waals surface area contributed by atoms with Gasteiger partial charge in [0, 0.05) is 18.7 Å². The summed E-state index contributed by atoms with van der Waals surface area (Å²) in [6, 6.07) is 12.9. The summed E-state index contributed by atoms with van der Waals surface area (Å²) in [7, 11) is -3.46. The molecule has 0 aromatic heterocycles. The summed E-state index contributed by atoms with van der Waals surface area (Å²) in [6.07, 6.45) is 1.82. The van der Waals surface area contributed by atoms with Crippen LogP contribution in [0.3, 0.4) is 0 Å². The zero-order chi connectivity index (χ0) is 22.3. The van der Waals surface area contributed by atoms with Crippen molar-refractivity contribution >= 4 is 27.3 Å². The highest BCUT2D eigenvalue weighted by Gasteiger charge is 2.18. The van der Waals surface area contributed by atoms with Crippen molar-refractivity contribution in [2.75, 3.05) is 29.0 Å². The van der Waals surface area contributed by atoms with Crippen LogP contribution in [0.25, 0.3) is 0 Å². The molecule has 0 fully saturated rings. The average molecular weight is 433 g/mol. The van der Waals surface area contributed by atoms with E-state index in [0.717, 1.165) is 16.8 Å². The number of anilines is 2. The number of nitrogens with zero attached hydrogens (tertiary/aromatic N) is 1. The molecule has 0 unspecified atom stereocenters.